The van der Waals surface area contributed by atoms with E-state index < -0.39 is 224 Å². The van der Waals surface area contributed by atoms with Gasteiger partial charge in [-0.3, -0.25) is 4.79 Å². The second-order valence-electron chi connectivity index (χ2n) is 27.3. The minimum atomic E-state index is -2.28. The molecule has 13 N–H and O–H groups in total. The maximum Gasteiger partial charge on any atom is 0.335 e. The number of aliphatic carboxylic acids is 1. The second-order valence-corrected chi connectivity index (χ2v) is 27.3. The molecule has 9 aliphatic rings. The number of aliphatic hydroxyl groups excluding tert-OH is 12. The van der Waals surface area contributed by atoms with Crippen LogP contribution in [-0.2, 0) is 66.5 Å². The summed E-state index contributed by atoms with van der Waals surface area (Å²) < 4.78 is 60.5. The third-order valence-electron chi connectivity index (χ3n) is 22.2. The Morgan fingerprint density at radius 1 is 0.663 bits per heavy atom. The Labute approximate surface area is 498 Å². The van der Waals surface area contributed by atoms with Crippen LogP contribution >= 0.6 is 0 Å². The van der Waals surface area contributed by atoms with E-state index in [1.165, 1.54) is 6.92 Å². The third-order valence-corrected chi connectivity index (χ3v) is 22.2. The molecule has 0 aromatic heterocycles. The van der Waals surface area contributed by atoms with Crippen LogP contribution in [0.4, 0.5) is 0 Å². The SMILES string of the molecule is CC=C(C)C(=O)O[C@H]1[C@H](OC(C)=O)[C@]2(CO)[C@H](O)C[C@]3(C)C(=CC[C@@H]4[C@@]5(C)CC[C@H](O[C@@H]6O[C@H](C(=O)O)[C@@H](O)[C@H](O[C@@H]7OC[C@H](O)[C@H](O)[C@H]7O[C@@H]7OC[C@@H](O)[C@H](O)[C@H]7O)[C@H]6O[C@@H]6O[C@H](CO)[C@H](O)[C@H](O)[C@H]6O)[C@@](C)(C=O)[C@@H]5CC[C@]43C)[C@@H]2CC1(C)C. The molecule has 8 fully saturated rings. The molecule has 4 saturated heterocycles. The Hall–Kier alpha value is -3.24. The number of hydrogen-bond donors (Lipinski definition) is 13. The predicted octanol–water partition coefficient (Wildman–Crippen LogP) is -2.01. The second kappa shape index (κ2) is 24.8. The maximum atomic E-state index is 14.2. The zero-order valence-electron chi connectivity index (χ0n) is 50.0. The quantitative estimate of drug-likeness (QED) is 0.0277. The predicted molar refractivity (Wildman–Crippen MR) is 289 cm³/mol. The van der Waals surface area contributed by atoms with E-state index in [4.69, 9.17) is 47.4 Å². The van der Waals surface area contributed by atoms with Crippen molar-refractivity contribution in [3.8, 4) is 0 Å². The molecule has 30 atom stereocenters. The Bertz CT molecular complexity index is 2550. The number of ether oxygens (including phenoxy) is 10. The molecule has 5 aliphatic carbocycles. The first-order valence-electron chi connectivity index (χ1n) is 29.9. The molecule has 27 nitrogen and oxygen atoms in total. The number of carboxylic acid groups (broad SMARTS) is 1. The highest BCUT2D eigenvalue weighted by Crippen LogP contribution is 2.76. The highest BCUT2D eigenvalue weighted by molar-refractivity contribution is 5.87. The average molecular weight is 1230 g/mol. The zero-order chi connectivity index (χ0) is 63.3. The van der Waals surface area contributed by atoms with Crippen molar-refractivity contribution in [2.24, 2.45) is 50.2 Å². The molecule has 0 bridgehead atoms. The van der Waals surface area contributed by atoms with Gasteiger partial charge in [0, 0.05) is 17.9 Å². The highest BCUT2D eigenvalue weighted by Gasteiger charge is 2.74. The number of aldehydes is 1. The van der Waals surface area contributed by atoms with Crippen molar-refractivity contribution in [1.82, 2.24) is 0 Å². The topological polar surface area (TPSA) is 424 Å². The summed E-state index contributed by atoms with van der Waals surface area (Å²) in [6, 6.07) is 0. The molecule has 0 unspecified atom stereocenters. The number of carboxylic acids is 1. The lowest BCUT2D eigenvalue weighted by Gasteiger charge is -2.72. The molecule has 4 heterocycles. The number of carbonyl (C=O) groups is 4. The monoisotopic (exact) mass is 1230 g/mol. The normalized spacial score (nSPS) is 51.1. The van der Waals surface area contributed by atoms with Crippen LogP contribution in [0.15, 0.2) is 23.3 Å². The van der Waals surface area contributed by atoms with Crippen molar-refractivity contribution in [2.75, 3.05) is 26.4 Å². The Balaban J connectivity index is 1.05. The van der Waals surface area contributed by atoms with E-state index in [0.717, 1.165) is 11.9 Å². The molecule has 0 aromatic carbocycles. The summed E-state index contributed by atoms with van der Waals surface area (Å²) in [4.78, 5) is 53.8. The minimum Gasteiger partial charge on any atom is -0.479 e. The number of hydrogen-bond acceptors (Lipinski definition) is 26. The molecular weight excluding hydrogens is 1140 g/mol. The van der Waals surface area contributed by atoms with E-state index >= 15 is 0 Å². The molecule has 0 amide bonds. The summed E-state index contributed by atoms with van der Waals surface area (Å²) >= 11 is 0. The van der Waals surface area contributed by atoms with E-state index in [2.05, 4.69) is 26.8 Å². The number of carbonyl (C=O) groups excluding carboxylic acids is 3. The van der Waals surface area contributed by atoms with Gasteiger partial charge in [-0.25, -0.2) is 9.59 Å². The number of allylic oxidation sites excluding steroid dienone is 3. The van der Waals surface area contributed by atoms with Gasteiger partial charge in [-0.05, 0) is 92.8 Å². The van der Waals surface area contributed by atoms with Gasteiger partial charge in [0.25, 0.3) is 0 Å². The van der Waals surface area contributed by atoms with Crippen LogP contribution in [0.1, 0.15) is 107 Å². The molecule has 9 rings (SSSR count). The number of fused-ring (bicyclic) bond motifs is 7. The van der Waals surface area contributed by atoms with Gasteiger partial charge in [0.05, 0.1) is 49.5 Å². The van der Waals surface area contributed by atoms with Gasteiger partial charge < -0.3 is 119 Å². The van der Waals surface area contributed by atoms with Gasteiger partial charge in [-0.1, -0.05) is 59.3 Å². The number of aliphatic hydroxyl groups is 12. The smallest absolute Gasteiger partial charge is 0.335 e. The van der Waals surface area contributed by atoms with Crippen LogP contribution in [0.3, 0.4) is 0 Å². The molecule has 0 radical (unpaired) electrons. The van der Waals surface area contributed by atoms with Crippen molar-refractivity contribution < 1.29 is 133 Å². The fraction of sp³-hybridized carbons (Fsp3) is 0.864. The summed E-state index contributed by atoms with van der Waals surface area (Å²) in [7, 11) is 0. The minimum absolute atomic E-state index is 0.112. The van der Waals surface area contributed by atoms with E-state index in [9.17, 15) is 85.6 Å². The van der Waals surface area contributed by atoms with Gasteiger partial charge in [0.1, 0.15) is 97.8 Å². The largest absolute Gasteiger partial charge is 0.479 e. The van der Waals surface area contributed by atoms with Gasteiger partial charge in [-0.2, -0.15) is 0 Å². The average Bonchev–Trinajstić information content (AvgIpc) is 0.672. The molecular formula is C59H90O27. The van der Waals surface area contributed by atoms with Crippen LogP contribution in [0.5, 0.6) is 0 Å². The van der Waals surface area contributed by atoms with Crippen molar-refractivity contribution in [3.63, 3.8) is 0 Å². The van der Waals surface area contributed by atoms with E-state index in [0.29, 0.717) is 37.7 Å². The van der Waals surface area contributed by atoms with Crippen LogP contribution in [0.25, 0.3) is 0 Å². The third kappa shape index (κ3) is 10.9. The first kappa shape index (κ1) is 67.2. The summed E-state index contributed by atoms with van der Waals surface area (Å²) in [5.41, 5.74) is -4.42. The van der Waals surface area contributed by atoms with Crippen LogP contribution in [0.2, 0.25) is 0 Å². The lowest BCUT2D eigenvalue weighted by molar-refractivity contribution is -0.398. The van der Waals surface area contributed by atoms with Crippen molar-refractivity contribution in [1.29, 1.82) is 0 Å². The lowest BCUT2D eigenvalue weighted by Crippen LogP contribution is -2.72. The van der Waals surface area contributed by atoms with Gasteiger partial charge in [0.2, 0.25) is 0 Å². The Morgan fingerprint density at radius 2 is 1.29 bits per heavy atom. The first-order valence-corrected chi connectivity index (χ1v) is 29.9. The molecule has 27 heteroatoms. The zero-order valence-corrected chi connectivity index (χ0v) is 50.0. The summed E-state index contributed by atoms with van der Waals surface area (Å²) in [5, 5.41) is 144. The summed E-state index contributed by atoms with van der Waals surface area (Å²) in [6.07, 6.45) is -32.4. The van der Waals surface area contributed by atoms with Crippen LogP contribution < -0.4 is 0 Å². The lowest BCUT2D eigenvalue weighted by atomic mass is 9.33. The number of rotatable bonds is 15. The van der Waals surface area contributed by atoms with Crippen molar-refractivity contribution in [2.45, 2.75) is 242 Å². The maximum absolute atomic E-state index is 14.2. The van der Waals surface area contributed by atoms with Gasteiger partial charge >= 0.3 is 17.9 Å². The van der Waals surface area contributed by atoms with Crippen LogP contribution in [-0.4, -0.2) is 252 Å². The summed E-state index contributed by atoms with van der Waals surface area (Å²) in [5.74, 6) is -4.24. The van der Waals surface area contributed by atoms with E-state index in [1.54, 1.807) is 26.8 Å². The Morgan fingerprint density at radius 3 is 1.91 bits per heavy atom. The number of esters is 2. The van der Waals surface area contributed by atoms with Gasteiger partial charge in [-0.15, -0.1) is 0 Å². The van der Waals surface area contributed by atoms with E-state index in [-0.39, 0.29) is 18.8 Å². The molecule has 488 valence electrons. The molecule has 0 aromatic rings. The summed E-state index contributed by atoms with van der Waals surface area (Å²) in [6.45, 7) is 13.8. The molecule has 86 heavy (non-hydrogen) atoms. The van der Waals surface area contributed by atoms with Crippen molar-refractivity contribution in [3.05, 3.63) is 23.3 Å². The first-order chi connectivity index (χ1) is 40.3. The highest BCUT2D eigenvalue weighted by atomic mass is 16.8. The standard InChI is InChI=1S/C59H90O27/c1-10-24(2)49(76)86-46-47(79-25(3)63)59(23-62)27(17-54(46,4)5)26-11-12-32-55(6)15-14-34(56(7,22-61)31(55)13-16-57(32,8)58(26,9)18-33(59)66)81-53-45(85-51-40(72)38(70)37(69)30(19-60)80-51)42(41(73)43(83-53)48(74)75)82-52-44(36(68)29(65)21-78-52)84-50-39(71)35(67)28(64)20-77-50/h10-11,22,27-47,50-53,60,62,64-73H,12-21,23H2,1-9H3,(H,74,75)/t27-,28+,29-,30+,31+,32+,33+,34-,35-,36-,37-,38-,39+,40+,41-,42-,43-,44+,45+,46-,47-,50-,51-,52-,53+,55-,56-,57+,58+,59-/m0/s1. The van der Waals surface area contributed by atoms with Crippen LogP contribution in [0, 0.1) is 50.2 Å². The van der Waals surface area contributed by atoms with Gasteiger partial charge in [0.15, 0.2) is 31.3 Å². The van der Waals surface area contributed by atoms with Crippen molar-refractivity contribution >= 4 is 24.2 Å². The molecule has 0 spiro atoms. The molecule has 4 saturated carbocycles. The fourth-order valence-corrected chi connectivity index (χ4v) is 17.0. The van der Waals surface area contributed by atoms with E-state index in [1.807, 2.05) is 13.8 Å². The fourth-order valence-electron chi connectivity index (χ4n) is 17.0. The molecule has 4 aliphatic heterocycles. The Kier molecular flexibility index (Phi) is 19.3.